The van der Waals surface area contributed by atoms with Crippen LogP contribution in [0.4, 0.5) is 5.95 Å². The zero-order valence-corrected chi connectivity index (χ0v) is 12.3. The molecule has 5 nitrogen and oxygen atoms in total. The van der Waals surface area contributed by atoms with Gasteiger partial charge in [-0.1, -0.05) is 26.2 Å². The van der Waals surface area contributed by atoms with Crippen molar-refractivity contribution >= 4 is 11.7 Å². The molecule has 1 fully saturated rings. The van der Waals surface area contributed by atoms with Gasteiger partial charge in [0.05, 0.1) is 5.56 Å². The molecule has 1 saturated heterocycles. The molecule has 0 unspecified atom stereocenters. The van der Waals surface area contributed by atoms with Gasteiger partial charge in [0.2, 0.25) is 5.95 Å². The van der Waals surface area contributed by atoms with Crippen LogP contribution < -0.4 is 10.2 Å². The summed E-state index contributed by atoms with van der Waals surface area (Å²) < 4.78 is 0. The maximum atomic E-state index is 12.0. The van der Waals surface area contributed by atoms with Gasteiger partial charge in [0.15, 0.2) is 5.78 Å². The van der Waals surface area contributed by atoms with Crippen LogP contribution in [0.5, 0.6) is 0 Å². The number of carbonyl (C=O) groups excluding carboxylic acids is 1. The number of carbonyl (C=O) groups is 1. The van der Waals surface area contributed by atoms with Gasteiger partial charge < -0.3 is 10.2 Å². The first-order chi connectivity index (χ1) is 9.81. The van der Waals surface area contributed by atoms with E-state index >= 15 is 0 Å². The monoisotopic (exact) mass is 276 g/mol. The molecule has 0 amide bonds. The second kappa shape index (κ2) is 7.94. The second-order valence-corrected chi connectivity index (χ2v) is 5.24. The largest absolute Gasteiger partial charge is 0.338 e. The highest BCUT2D eigenvalue weighted by Crippen LogP contribution is 2.11. The number of rotatable bonds is 7. The van der Waals surface area contributed by atoms with Crippen LogP contribution in [0.25, 0.3) is 0 Å². The lowest BCUT2D eigenvalue weighted by Gasteiger charge is -2.27. The van der Waals surface area contributed by atoms with Crippen LogP contribution in [0.15, 0.2) is 12.4 Å². The Morgan fingerprint density at radius 3 is 2.55 bits per heavy atom. The predicted octanol–water partition coefficient (Wildman–Crippen LogP) is 2.04. The van der Waals surface area contributed by atoms with Crippen LogP contribution in [0, 0.1) is 0 Å². The van der Waals surface area contributed by atoms with Crippen molar-refractivity contribution in [3.8, 4) is 0 Å². The molecule has 0 spiro atoms. The third-order valence-corrected chi connectivity index (χ3v) is 3.62. The number of unbranched alkanes of at least 4 members (excludes halogenated alkanes) is 3. The molecule has 0 saturated carbocycles. The molecular weight excluding hydrogens is 252 g/mol. The zero-order valence-electron chi connectivity index (χ0n) is 12.3. The van der Waals surface area contributed by atoms with Gasteiger partial charge in [-0.25, -0.2) is 9.97 Å². The van der Waals surface area contributed by atoms with Crippen molar-refractivity contribution in [2.45, 2.75) is 39.0 Å². The van der Waals surface area contributed by atoms with Crippen molar-refractivity contribution in [2.75, 3.05) is 31.1 Å². The Morgan fingerprint density at radius 1 is 1.20 bits per heavy atom. The fourth-order valence-corrected chi connectivity index (χ4v) is 2.35. The van der Waals surface area contributed by atoms with E-state index in [4.69, 9.17) is 0 Å². The summed E-state index contributed by atoms with van der Waals surface area (Å²) in [6.45, 7) is 5.93. The van der Waals surface area contributed by atoms with Gasteiger partial charge in [0, 0.05) is 45.0 Å². The van der Waals surface area contributed by atoms with E-state index in [1.165, 1.54) is 12.8 Å². The Hall–Kier alpha value is -1.49. The average molecular weight is 276 g/mol. The molecule has 20 heavy (non-hydrogen) atoms. The summed E-state index contributed by atoms with van der Waals surface area (Å²) in [7, 11) is 0. The van der Waals surface area contributed by atoms with Crippen LogP contribution in [-0.2, 0) is 0 Å². The van der Waals surface area contributed by atoms with Crippen molar-refractivity contribution in [3.63, 3.8) is 0 Å². The summed E-state index contributed by atoms with van der Waals surface area (Å²) in [5, 5.41) is 3.30. The summed E-state index contributed by atoms with van der Waals surface area (Å²) in [5.74, 6) is 0.891. The van der Waals surface area contributed by atoms with Gasteiger partial charge in [-0.3, -0.25) is 4.79 Å². The van der Waals surface area contributed by atoms with Gasteiger partial charge in [0.1, 0.15) is 0 Å². The molecule has 1 aliphatic heterocycles. The molecule has 0 aliphatic carbocycles. The van der Waals surface area contributed by atoms with Crippen LogP contribution in [0.1, 0.15) is 49.4 Å². The normalized spacial score (nSPS) is 15.3. The van der Waals surface area contributed by atoms with Crippen molar-refractivity contribution in [3.05, 3.63) is 18.0 Å². The van der Waals surface area contributed by atoms with E-state index < -0.39 is 0 Å². The molecule has 2 heterocycles. The maximum Gasteiger partial charge on any atom is 0.225 e. The van der Waals surface area contributed by atoms with E-state index in [1.54, 1.807) is 12.4 Å². The number of hydrogen-bond donors (Lipinski definition) is 1. The smallest absolute Gasteiger partial charge is 0.225 e. The molecule has 2 rings (SSSR count). The minimum Gasteiger partial charge on any atom is -0.338 e. The summed E-state index contributed by atoms with van der Waals surface area (Å²) in [4.78, 5) is 22.8. The summed E-state index contributed by atoms with van der Waals surface area (Å²) in [6.07, 6.45) is 8.44. The maximum absolute atomic E-state index is 12.0. The Morgan fingerprint density at radius 2 is 1.90 bits per heavy atom. The number of piperazine rings is 1. The fourth-order valence-electron chi connectivity index (χ4n) is 2.35. The lowest BCUT2D eigenvalue weighted by atomic mass is 10.1. The van der Waals surface area contributed by atoms with E-state index in [0.29, 0.717) is 12.0 Å². The van der Waals surface area contributed by atoms with Crippen LogP contribution >= 0.6 is 0 Å². The molecule has 1 N–H and O–H groups in total. The molecule has 1 aromatic heterocycles. The number of Topliss-reactive ketones (excluding diaryl/α,β-unsaturated/α-hetero) is 1. The molecule has 110 valence electrons. The molecule has 5 heteroatoms. The Bertz CT molecular complexity index is 412. The minimum absolute atomic E-state index is 0.160. The molecule has 0 aromatic carbocycles. The average Bonchev–Trinajstić information content (AvgIpc) is 2.52. The third kappa shape index (κ3) is 4.27. The Kier molecular flexibility index (Phi) is 5.92. The lowest BCUT2D eigenvalue weighted by Crippen LogP contribution is -2.44. The van der Waals surface area contributed by atoms with E-state index in [-0.39, 0.29) is 5.78 Å². The van der Waals surface area contributed by atoms with Gasteiger partial charge >= 0.3 is 0 Å². The van der Waals surface area contributed by atoms with Gasteiger partial charge in [-0.15, -0.1) is 0 Å². The number of anilines is 1. The van der Waals surface area contributed by atoms with Crippen molar-refractivity contribution in [2.24, 2.45) is 0 Å². The molecule has 0 radical (unpaired) electrons. The van der Waals surface area contributed by atoms with E-state index in [0.717, 1.165) is 45.0 Å². The lowest BCUT2D eigenvalue weighted by molar-refractivity contribution is 0.0978. The van der Waals surface area contributed by atoms with Crippen molar-refractivity contribution in [1.82, 2.24) is 15.3 Å². The van der Waals surface area contributed by atoms with Crippen LogP contribution in [0.2, 0.25) is 0 Å². The standard InChI is InChI=1S/C15H24N4O/c1-2-3-4-5-6-14(20)13-11-17-15(18-12-13)19-9-7-16-8-10-19/h11-12,16H,2-10H2,1H3. The molecule has 1 aromatic rings. The summed E-state index contributed by atoms with van der Waals surface area (Å²) in [6, 6.07) is 0. The highest BCUT2D eigenvalue weighted by atomic mass is 16.1. The van der Waals surface area contributed by atoms with Crippen molar-refractivity contribution in [1.29, 1.82) is 0 Å². The Labute approximate surface area is 120 Å². The highest BCUT2D eigenvalue weighted by Gasteiger charge is 2.13. The van der Waals surface area contributed by atoms with E-state index in [2.05, 4.69) is 27.1 Å². The first kappa shape index (κ1) is 14.9. The quantitative estimate of drug-likeness (QED) is 0.610. The van der Waals surface area contributed by atoms with Gasteiger partial charge in [-0.05, 0) is 6.42 Å². The molecule has 0 bridgehead atoms. The molecular formula is C15H24N4O. The van der Waals surface area contributed by atoms with Gasteiger partial charge in [0.25, 0.3) is 0 Å². The van der Waals surface area contributed by atoms with E-state index in [1.807, 2.05) is 0 Å². The summed E-state index contributed by atoms with van der Waals surface area (Å²) >= 11 is 0. The number of hydrogen-bond acceptors (Lipinski definition) is 5. The van der Waals surface area contributed by atoms with Crippen molar-refractivity contribution < 1.29 is 4.79 Å². The number of aromatic nitrogens is 2. The number of nitrogens with zero attached hydrogens (tertiary/aromatic N) is 3. The number of nitrogens with one attached hydrogen (secondary N) is 1. The Balaban J connectivity index is 1.85. The number of ketones is 1. The topological polar surface area (TPSA) is 58.1 Å². The SMILES string of the molecule is CCCCCCC(=O)c1cnc(N2CCNCC2)nc1. The van der Waals surface area contributed by atoms with Crippen LogP contribution in [-0.4, -0.2) is 41.9 Å². The molecule has 0 atom stereocenters. The third-order valence-electron chi connectivity index (χ3n) is 3.62. The predicted molar refractivity (Wildman–Crippen MR) is 80.2 cm³/mol. The zero-order chi connectivity index (χ0) is 14.2. The fraction of sp³-hybridized carbons (Fsp3) is 0.667. The second-order valence-electron chi connectivity index (χ2n) is 5.24. The highest BCUT2D eigenvalue weighted by molar-refractivity contribution is 5.95. The first-order valence-corrected chi connectivity index (χ1v) is 7.62. The minimum atomic E-state index is 0.160. The summed E-state index contributed by atoms with van der Waals surface area (Å²) in [5.41, 5.74) is 0.639. The molecule has 1 aliphatic rings. The first-order valence-electron chi connectivity index (χ1n) is 7.62. The van der Waals surface area contributed by atoms with E-state index in [9.17, 15) is 4.79 Å². The van der Waals surface area contributed by atoms with Gasteiger partial charge in [-0.2, -0.15) is 0 Å². The van der Waals surface area contributed by atoms with Crippen LogP contribution in [0.3, 0.4) is 0 Å².